The summed E-state index contributed by atoms with van der Waals surface area (Å²) in [5, 5.41) is 28.1. The van der Waals surface area contributed by atoms with Gasteiger partial charge in [0.2, 0.25) is 6.79 Å². The van der Waals surface area contributed by atoms with E-state index >= 15 is 0 Å². The lowest BCUT2D eigenvalue weighted by Crippen LogP contribution is -2.60. The maximum atomic E-state index is 14.2. The molecule has 0 radical (unpaired) electrons. The van der Waals surface area contributed by atoms with Crippen molar-refractivity contribution in [2.75, 3.05) is 41.2 Å². The Morgan fingerprint density at radius 1 is 1.08 bits per heavy atom. The van der Waals surface area contributed by atoms with Gasteiger partial charge in [-0.05, 0) is 66.6 Å². The van der Waals surface area contributed by atoms with E-state index in [-0.39, 0.29) is 50.9 Å². The lowest BCUT2D eigenvalue weighted by molar-refractivity contribution is -0.296. The smallest absolute Gasteiger partial charge is 0.316 e. The molecule has 1 unspecified atom stereocenters. The third-order valence-corrected chi connectivity index (χ3v) is 10.2. The zero-order chi connectivity index (χ0) is 36.1. The lowest BCUT2D eigenvalue weighted by Gasteiger charge is -2.47. The first-order valence-corrected chi connectivity index (χ1v) is 17.1. The van der Waals surface area contributed by atoms with Crippen molar-refractivity contribution in [3.8, 4) is 0 Å². The molecule has 3 fully saturated rings. The predicted octanol–water partition coefficient (Wildman–Crippen LogP) is 3.09. The van der Waals surface area contributed by atoms with Gasteiger partial charge in [0.25, 0.3) is 0 Å². The zero-order valence-corrected chi connectivity index (χ0v) is 30.8. The number of nitrogens with zero attached hydrogens (tertiary/aromatic N) is 2. The average molecular weight is 685 g/mol. The fraction of sp³-hybridized carbons (Fsp3) is 0.857. The molecule has 0 aromatic carbocycles. The Morgan fingerprint density at radius 3 is 2.35 bits per heavy atom. The van der Waals surface area contributed by atoms with Gasteiger partial charge in [-0.3, -0.25) is 9.59 Å². The normalized spacial score (nSPS) is 43.3. The molecule has 48 heavy (non-hydrogen) atoms. The van der Waals surface area contributed by atoms with Gasteiger partial charge in [0.15, 0.2) is 12.1 Å². The maximum absolute atomic E-state index is 14.2. The lowest BCUT2D eigenvalue weighted by atomic mass is 9.74. The van der Waals surface area contributed by atoms with Crippen LogP contribution in [0.2, 0.25) is 0 Å². The van der Waals surface area contributed by atoms with Gasteiger partial charge in [-0.15, -0.1) is 0 Å². The first-order chi connectivity index (χ1) is 22.4. The Morgan fingerprint density at radius 2 is 1.75 bits per heavy atom. The average Bonchev–Trinajstić information content (AvgIpc) is 3.03. The second-order valence-electron chi connectivity index (χ2n) is 14.6. The van der Waals surface area contributed by atoms with Crippen LogP contribution in [0.25, 0.3) is 0 Å². The van der Waals surface area contributed by atoms with E-state index < -0.39 is 71.4 Å². The van der Waals surface area contributed by atoms with Crippen molar-refractivity contribution in [2.45, 2.75) is 129 Å². The molecule has 2 N–H and O–H groups in total. The molecule has 3 heterocycles. The van der Waals surface area contributed by atoms with Crippen LogP contribution in [0.3, 0.4) is 0 Å². The molecule has 13 nitrogen and oxygen atoms in total. The van der Waals surface area contributed by atoms with Crippen LogP contribution in [-0.4, -0.2) is 128 Å². The Kier molecular flexibility index (Phi) is 14.2. The van der Waals surface area contributed by atoms with E-state index in [2.05, 4.69) is 11.7 Å². The standard InChI is InChI=1S/C35H60N2O11/c1-13-26-35(9,41)31-22(5)27(36-45-18-42-12)20(3)15-34(8,44-17-19(2)16-43-31)30(23(6)28(38)24(7)32(40)47-26)48-33-29(39)25(37(10)11)14-21(4)46-33/h20-26,29-31,33,39,41H,2,13-18H2,1,3-12H3/b36-27+/t20-,21-,22+,23+,24-,25+,26-,29-,30-,31?,33+,34-,35-/m1/s1. The number of carbonyl (C=O) groups excluding carboxylic acids is 2. The number of esters is 1. The molecule has 0 amide bonds. The fourth-order valence-electron chi connectivity index (χ4n) is 7.53. The summed E-state index contributed by atoms with van der Waals surface area (Å²) >= 11 is 0. The molecular weight excluding hydrogens is 624 g/mol. The second-order valence-corrected chi connectivity index (χ2v) is 14.6. The summed E-state index contributed by atoms with van der Waals surface area (Å²) in [5.41, 5.74) is -1.81. The second kappa shape index (κ2) is 16.8. The van der Waals surface area contributed by atoms with Gasteiger partial charge in [-0.25, -0.2) is 0 Å². The largest absolute Gasteiger partial charge is 0.459 e. The molecular formula is C35H60N2O11. The van der Waals surface area contributed by atoms with Crippen LogP contribution in [0, 0.1) is 23.7 Å². The minimum Gasteiger partial charge on any atom is -0.459 e. The molecule has 2 bridgehead atoms. The molecule has 0 saturated carbocycles. The van der Waals surface area contributed by atoms with Gasteiger partial charge in [-0.1, -0.05) is 39.4 Å². The van der Waals surface area contributed by atoms with Gasteiger partial charge < -0.3 is 48.4 Å². The fourth-order valence-corrected chi connectivity index (χ4v) is 7.53. The van der Waals surface area contributed by atoms with E-state index in [0.717, 1.165) is 0 Å². The Labute approximate surface area is 286 Å². The number of ether oxygens (including phenoxy) is 6. The van der Waals surface area contributed by atoms with E-state index in [4.69, 9.17) is 33.3 Å². The quantitative estimate of drug-likeness (QED) is 0.101. The summed E-state index contributed by atoms with van der Waals surface area (Å²) in [5.74, 6) is -4.26. The number of cyclic esters (lactones) is 1. The first kappa shape index (κ1) is 40.5. The molecule has 0 aromatic heterocycles. The Bertz CT molecular complexity index is 1150. The van der Waals surface area contributed by atoms with Crippen LogP contribution in [0.5, 0.6) is 0 Å². The number of rotatable bonds is 7. The van der Waals surface area contributed by atoms with Crippen molar-refractivity contribution in [1.82, 2.24) is 4.90 Å². The molecule has 0 spiro atoms. The van der Waals surface area contributed by atoms with Gasteiger partial charge in [0.05, 0.1) is 42.8 Å². The SMILES string of the molecule is C=C1COC2[C@@H](C)/C(=N/OCOC)[C@H](C)C[C@@](C)(OC1)[C@H](O[C@@H]1O[C@H](C)C[C@H](N(C)C)[C@H]1O)[C@@H](C)C(=O)[C@@H](C)C(=O)O[C@H](CC)[C@@]2(C)O. The molecule has 276 valence electrons. The number of carbonyl (C=O) groups is 2. The third-order valence-electron chi connectivity index (χ3n) is 10.2. The van der Waals surface area contributed by atoms with Crippen LogP contribution in [0.1, 0.15) is 74.7 Å². The summed E-state index contributed by atoms with van der Waals surface area (Å²) in [6.45, 7) is 18.3. The summed E-state index contributed by atoms with van der Waals surface area (Å²) in [6, 6.07) is -0.262. The monoisotopic (exact) mass is 684 g/mol. The number of likely N-dealkylation sites (N-methyl/N-ethyl adjacent to an activating group) is 1. The molecule has 13 atom stereocenters. The van der Waals surface area contributed by atoms with Gasteiger partial charge in [0, 0.05) is 30.9 Å². The van der Waals surface area contributed by atoms with Crippen LogP contribution in [0.4, 0.5) is 0 Å². The number of methoxy groups -OCH3 is 1. The van der Waals surface area contributed by atoms with Crippen molar-refractivity contribution in [3.05, 3.63) is 12.2 Å². The number of aliphatic hydroxyl groups excluding tert-OH is 1. The number of fused-ring (bicyclic) bond motifs is 5. The Balaban J connectivity index is 2.27. The zero-order valence-electron chi connectivity index (χ0n) is 30.8. The number of aliphatic hydroxyl groups is 2. The van der Waals surface area contributed by atoms with Crippen molar-refractivity contribution >= 4 is 17.5 Å². The van der Waals surface area contributed by atoms with E-state index in [0.29, 0.717) is 17.7 Å². The number of hydrogen-bond donors (Lipinski definition) is 2. The van der Waals surface area contributed by atoms with Crippen LogP contribution in [-0.2, 0) is 42.8 Å². The van der Waals surface area contributed by atoms with Crippen molar-refractivity contribution < 1.29 is 53.1 Å². The summed E-state index contributed by atoms with van der Waals surface area (Å²) in [6.07, 6.45) is -4.23. The molecule has 13 heteroatoms. The summed E-state index contributed by atoms with van der Waals surface area (Å²) in [4.78, 5) is 35.3. The van der Waals surface area contributed by atoms with Crippen LogP contribution < -0.4 is 0 Å². The molecule has 3 saturated heterocycles. The number of oxime groups is 1. The van der Waals surface area contributed by atoms with E-state index in [9.17, 15) is 19.8 Å². The Hall–Kier alpha value is -1.97. The maximum Gasteiger partial charge on any atom is 0.316 e. The highest BCUT2D eigenvalue weighted by Crippen LogP contribution is 2.40. The minimum absolute atomic E-state index is 0.0229. The molecule has 3 aliphatic rings. The molecule has 3 rings (SSSR count). The number of Topliss-reactive ketones (excluding diaryl/α,β-unsaturated/α-hetero) is 1. The van der Waals surface area contributed by atoms with Gasteiger partial charge >= 0.3 is 5.97 Å². The predicted molar refractivity (Wildman–Crippen MR) is 178 cm³/mol. The van der Waals surface area contributed by atoms with Gasteiger partial charge in [-0.2, -0.15) is 0 Å². The van der Waals surface area contributed by atoms with Crippen LogP contribution in [0.15, 0.2) is 17.3 Å². The van der Waals surface area contributed by atoms with Crippen LogP contribution >= 0.6 is 0 Å². The summed E-state index contributed by atoms with van der Waals surface area (Å²) < 4.78 is 37.0. The highest BCUT2D eigenvalue weighted by atomic mass is 16.7. The molecule has 0 aromatic rings. The van der Waals surface area contributed by atoms with Gasteiger partial charge in [0.1, 0.15) is 23.7 Å². The van der Waals surface area contributed by atoms with Crippen molar-refractivity contribution in [1.29, 1.82) is 0 Å². The minimum atomic E-state index is -1.71. The van der Waals surface area contributed by atoms with Crippen molar-refractivity contribution in [3.63, 3.8) is 0 Å². The van der Waals surface area contributed by atoms with Crippen molar-refractivity contribution in [2.24, 2.45) is 28.8 Å². The van der Waals surface area contributed by atoms with E-state index in [1.807, 2.05) is 46.7 Å². The molecule has 0 aliphatic carbocycles. The molecule has 3 aliphatic heterocycles. The highest BCUT2D eigenvalue weighted by Gasteiger charge is 2.53. The topological polar surface area (TPSA) is 155 Å². The van der Waals surface area contributed by atoms with E-state index in [1.54, 1.807) is 20.8 Å². The third kappa shape index (κ3) is 9.03. The highest BCUT2D eigenvalue weighted by molar-refractivity contribution is 6.00. The first-order valence-electron chi connectivity index (χ1n) is 17.1. The summed E-state index contributed by atoms with van der Waals surface area (Å²) in [7, 11) is 5.26. The number of hydrogen-bond acceptors (Lipinski definition) is 13. The number of ketones is 1. The van der Waals surface area contributed by atoms with E-state index in [1.165, 1.54) is 14.0 Å².